The summed E-state index contributed by atoms with van der Waals surface area (Å²) in [7, 11) is -3.21. The van der Waals surface area contributed by atoms with Gasteiger partial charge in [0.05, 0.1) is 17.5 Å². The van der Waals surface area contributed by atoms with Crippen LogP contribution >= 0.6 is 0 Å². The average molecular weight is 432 g/mol. The lowest BCUT2D eigenvalue weighted by Gasteiger charge is -2.53. The SMILES string of the molecule is CC(C)S(=O)(=O)N1CCC2(CCC2n2cc(C(=O)NCc3ccccc3)nn2)CC1. The zero-order chi connectivity index (χ0) is 21.4. The third kappa shape index (κ3) is 3.88. The number of carbonyl (C=O) groups excluding carboxylic acids is 1. The molecule has 9 heteroatoms. The molecule has 1 amide bonds. The standard InChI is InChI=1S/C21H29N5O3S/c1-16(2)30(28,29)25-12-10-21(11-13-25)9-8-19(21)26-15-18(23-24-26)20(27)22-14-17-6-4-3-5-7-17/h3-7,15-16,19H,8-14H2,1-2H3,(H,22,27). The monoisotopic (exact) mass is 431 g/mol. The molecular formula is C21H29N5O3S. The minimum atomic E-state index is -3.21. The minimum Gasteiger partial charge on any atom is -0.347 e. The Bertz CT molecular complexity index is 995. The highest BCUT2D eigenvalue weighted by atomic mass is 32.2. The van der Waals surface area contributed by atoms with Crippen LogP contribution in [-0.4, -0.2) is 52.0 Å². The molecule has 1 saturated heterocycles. The molecule has 1 saturated carbocycles. The Morgan fingerprint density at radius 2 is 1.90 bits per heavy atom. The summed E-state index contributed by atoms with van der Waals surface area (Å²) in [6.45, 7) is 5.00. The second-order valence-corrected chi connectivity index (χ2v) is 11.2. The van der Waals surface area contributed by atoms with E-state index >= 15 is 0 Å². The van der Waals surface area contributed by atoms with Crippen molar-refractivity contribution in [3.05, 3.63) is 47.8 Å². The molecule has 8 nitrogen and oxygen atoms in total. The van der Waals surface area contributed by atoms with Gasteiger partial charge in [-0.1, -0.05) is 35.5 Å². The number of nitrogens with one attached hydrogen (secondary N) is 1. The lowest BCUT2D eigenvalue weighted by molar-refractivity contribution is -0.0161. The Hall–Kier alpha value is -2.26. The van der Waals surface area contributed by atoms with Gasteiger partial charge in [0.15, 0.2) is 5.69 Å². The maximum atomic E-state index is 12.5. The second-order valence-electron chi connectivity index (χ2n) is 8.66. The molecule has 2 aromatic rings. The highest BCUT2D eigenvalue weighted by Crippen LogP contribution is 2.56. The zero-order valence-electron chi connectivity index (χ0n) is 17.5. The van der Waals surface area contributed by atoms with Gasteiger partial charge >= 0.3 is 0 Å². The average Bonchev–Trinajstić information content (AvgIpc) is 3.21. The van der Waals surface area contributed by atoms with Gasteiger partial charge in [-0.3, -0.25) is 4.79 Å². The Labute approximate surface area is 177 Å². The van der Waals surface area contributed by atoms with E-state index in [1.165, 1.54) is 0 Å². The molecule has 162 valence electrons. The van der Waals surface area contributed by atoms with Gasteiger partial charge in [-0.25, -0.2) is 17.4 Å². The van der Waals surface area contributed by atoms with Crippen LogP contribution in [0.4, 0.5) is 0 Å². The van der Waals surface area contributed by atoms with E-state index in [-0.39, 0.29) is 17.4 Å². The zero-order valence-corrected chi connectivity index (χ0v) is 18.3. The molecule has 1 aromatic heterocycles. The van der Waals surface area contributed by atoms with Crippen molar-refractivity contribution in [2.24, 2.45) is 5.41 Å². The number of aromatic nitrogens is 3. The summed E-state index contributed by atoms with van der Waals surface area (Å²) in [5, 5.41) is 10.8. The van der Waals surface area contributed by atoms with E-state index in [4.69, 9.17) is 0 Å². The summed E-state index contributed by atoms with van der Waals surface area (Å²) in [5.74, 6) is -0.240. The molecule has 1 aliphatic heterocycles. The number of nitrogens with zero attached hydrogens (tertiary/aromatic N) is 4. The molecule has 30 heavy (non-hydrogen) atoms. The first-order chi connectivity index (χ1) is 14.3. The highest BCUT2D eigenvalue weighted by molar-refractivity contribution is 7.89. The normalized spacial score (nSPS) is 21.5. The van der Waals surface area contributed by atoms with Crippen molar-refractivity contribution in [1.82, 2.24) is 24.6 Å². The van der Waals surface area contributed by atoms with E-state index in [9.17, 15) is 13.2 Å². The third-order valence-electron chi connectivity index (χ3n) is 6.65. The van der Waals surface area contributed by atoms with Crippen LogP contribution in [0.25, 0.3) is 0 Å². The van der Waals surface area contributed by atoms with Gasteiger partial charge < -0.3 is 5.32 Å². The largest absolute Gasteiger partial charge is 0.347 e. The van der Waals surface area contributed by atoms with Gasteiger partial charge in [0.25, 0.3) is 5.91 Å². The van der Waals surface area contributed by atoms with Gasteiger partial charge in [0, 0.05) is 19.6 Å². The van der Waals surface area contributed by atoms with Crippen molar-refractivity contribution in [1.29, 1.82) is 0 Å². The lowest BCUT2D eigenvalue weighted by Crippen LogP contribution is -2.52. The van der Waals surface area contributed by atoms with E-state index in [0.29, 0.717) is 25.3 Å². The van der Waals surface area contributed by atoms with Crippen molar-refractivity contribution in [3.63, 3.8) is 0 Å². The number of hydrogen-bond acceptors (Lipinski definition) is 5. The Morgan fingerprint density at radius 1 is 1.20 bits per heavy atom. The Kier molecular flexibility index (Phi) is 5.67. The maximum Gasteiger partial charge on any atom is 0.273 e. The second kappa shape index (κ2) is 8.11. The fourth-order valence-corrected chi connectivity index (χ4v) is 5.85. The molecule has 1 N–H and O–H groups in total. The van der Waals surface area contributed by atoms with Crippen LogP contribution in [0.15, 0.2) is 36.5 Å². The molecule has 1 unspecified atom stereocenters. The lowest BCUT2D eigenvalue weighted by atomic mass is 9.59. The fraction of sp³-hybridized carbons (Fsp3) is 0.571. The van der Waals surface area contributed by atoms with Crippen molar-refractivity contribution in [2.45, 2.75) is 57.4 Å². The van der Waals surface area contributed by atoms with Crippen molar-refractivity contribution in [2.75, 3.05) is 13.1 Å². The molecule has 4 rings (SSSR count). The maximum absolute atomic E-state index is 12.5. The predicted molar refractivity (Wildman–Crippen MR) is 113 cm³/mol. The molecule has 0 bridgehead atoms. The molecule has 2 heterocycles. The summed E-state index contributed by atoms with van der Waals surface area (Å²) in [4.78, 5) is 12.4. The number of rotatable bonds is 6. The summed E-state index contributed by atoms with van der Waals surface area (Å²) in [5.41, 5.74) is 1.39. The van der Waals surface area contributed by atoms with Gasteiger partial charge in [-0.15, -0.1) is 5.10 Å². The highest BCUT2D eigenvalue weighted by Gasteiger charge is 2.51. The van der Waals surface area contributed by atoms with Crippen molar-refractivity contribution >= 4 is 15.9 Å². The van der Waals surface area contributed by atoms with Gasteiger partial charge in [-0.05, 0) is 50.5 Å². The summed E-state index contributed by atoms with van der Waals surface area (Å²) >= 11 is 0. The molecule has 2 aliphatic rings. The number of benzene rings is 1. The van der Waals surface area contributed by atoms with Gasteiger partial charge in [0.1, 0.15) is 0 Å². The molecule has 2 fully saturated rings. The molecule has 1 atom stereocenters. The van der Waals surface area contributed by atoms with Gasteiger partial charge in [-0.2, -0.15) is 0 Å². The van der Waals surface area contributed by atoms with E-state index in [1.807, 2.05) is 35.0 Å². The first-order valence-corrected chi connectivity index (χ1v) is 12.1. The minimum absolute atomic E-state index is 0.0501. The number of hydrogen-bond donors (Lipinski definition) is 1. The topological polar surface area (TPSA) is 97.2 Å². The van der Waals surface area contributed by atoms with Crippen LogP contribution < -0.4 is 5.32 Å². The number of sulfonamides is 1. The Morgan fingerprint density at radius 3 is 2.50 bits per heavy atom. The molecule has 1 aromatic carbocycles. The van der Waals surface area contributed by atoms with E-state index in [0.717, 1.165) is 31.2 Å². The summed E-state index contributed by atoms with van der Waals surface area (Å²) in [6.07, 6.45) is 5.40. The summed E-state index contributed by atoms with van der Waals surface area (Å²) < 4.78 is 28.3. The number of amides is 1. The number of piperidine rings is 1. The smallest absolute Gasteiger partial charge is 0.273 e. The molecule has 1 spiro atoms. The van der Waals surface area contributed by atoms with Crippen LogP contribution in [0, 0.1) is 5.41 Å². The quantitative estimate of drug-likeness (QED) is 0.757. The first-order valence-electron chi connectivity index (χ1n) is 10.5. The van der Waals surface area contributed by atoms with Crippen molar-refractivity contribution in [3.8, 4) is 0 Å². The molecule has 0 radical (unpaired) electrons. The predicted octanol–water partition coefficient (Wildman–Crippen LogP) is 2.36. The number of carbonyl (C=O) groups is 1. The fourth-order valence-electron chi connectivity index (χ4n) is 4.56. The molecular weight excluding hydrogens is 402 g/mol. The van der Waals surface area contributed by atoms with Crippen LogP contribution in [0.5, 0.6) is 0 Å². The molecule has 1 aliphatic carbocycles. The van der Waals surface area contributed by atoms with Gasteiger partial charge in [0.2, 0.25) is 10.0 Å². The van der Waals surface area contributed by atoms with E-state index in [1.54, 1.807) is 24.3 Å². The van der Waals surface area contributed by atoms with E-state index in [2.05, 4.69) is 15.6 Å². The van der Waals surface area contributed by atoms with E-state index < -0.39 is 15.3 Å². The Balaban J connectivity index is 1.38. The van der Waals surface area contributed by atoms with Crippen molar-refractivity contribution < 1.29 is 13.2 Å². The first kappa shape index (κ1) is 21.0. The summed E-state index contributed by atoms with van der Waals surface area (Å²) in [6, 6.07) is 9.90. The van der Waals surface area contributed by atoms with Crippen LogP contribution in [-0.2, 0) is 16.6 Å². The van der Waals surface area contributed by atoms with Crippen LogP contribution in [0.3, 0.4) is 0 Å². The third-order valence-corrected chi connectivity index (χ3v) is 8.93. The van der Waals surface area contributed by atoms with Crippen LogP contribution in [0.1, 0.15) is 61.6 Å². The van der Waals surface area contributed by atoms with Crippen LogP contribution in [0.2, 0.25) is 0 Å².